The first-order valence-electron chi connectivity index (χ1n) is 8.48. The van der Waals surface area contributed by atoms with Gasteiger partial charge in [0.05, 0.1) is 18.6 Å². The van der Waals surface area contributed by atoms with Crippen molar-refractivity contribution in [3.63, 3.8) is 0 Å². The molecule has 1 amide bonds. The first-order valence-corrected chi connectivity index (χ1v) is 8.48. The minimum atomic E-state index is -0.0102. The maximum Gasteiger partial charge on any atom is 0.240 e. The van der Waals surface area contributed by atoms with Gasteiger partial charge in [-0.3, -0.25) is 4.79 Å². The van der Waals surface area contributed by atoms with E-state index in [9.17, 15) is 4.79 Å². The average molecular weight is 305 g/mol. The van der Waals surface area contributed by atoms with Crippen molar-refractivity contribution in [1.29, 1.82) is 0 Å². The third-order valence-electron chi connectivity index (χ3n) is 4.73. The minimum Gasteiger partial charge on any atom is -0.332 e. The molecule has 2 aliphatic rings. The van der Waals surface area contributed by atoms with Gasteiger partial charge in [0.15, 0.2) is 5.82 Å². The Morgan fingerprint density at radius 3 is 2.86 bits per heavy atom. The molecule has 6 nitrogen and oxygen atoms in total. The third kappa shape index (κ3) is 3.02. The molecule has 22 heavy (non-hydrogen) atoms. The number of aromatic nitrogens is 3. The number of piperidine rings is 1. The molecule has 0 aromatic carbocycles. The van der Waals surface area contributed by atoms with Gasteiger partial charge in [-0.2, -0.15) is 0 Å². The van der Waals surface area contributed by atoms with Gasteiger partial charge in [0.25, 0.3) is 0 Å². The Kier molecular flexibility index (Phi) is 4.47. The van der Waals surface area contributed by atoms with Gasteiger partial charge in [0.1, 0.15) is 5.82 Å². The van der Waals surface area contributed by atoms with Gasteiger partial charge in [-0.15, -0.1) is 10.2 Å². The highest BCUT2D eigenvalue weighted by Gasteiger charge is 2.34. The van der Waals surface area contributed by atoms with Crippen molar-refractivity contribution in [3.8, 4) is 0 Å². The SMILES string of the molecule is Cc1nnc2n1[C@@H](CC(C)C)CN(C(=O)[C@@H]1CCCCN1)C2. The molecule has 0 unspecified atom stereocenters. The first kappa shape index (κ1) is 15.5. The lowest BCUT2D eigenvalue weighted by atomic mass is 9.99. The van der Waals surface area contributed by atoms with Crippen LogP contribution in [-0.4, -0.2) is 44.7 Å². The topological polar surface area (TPSA) is 63.1 Å². The van der Waals surface area contributed by atoms with Crippen molar-refractivity contribution >= 4 is 5.91 Å². The summed E-state index contributed by atoms with van der Waals surface area (Å²) in [5.41, 5.74) is 0. The molecular weight excluding hydrogens is 278 g/mol. The maximum atomic E-state index is 12.8. The summed E-state index contributed by atoms with van der Waals surface area (Å²) in [7, 11) is 0. The van der Waals surface area contributed by atoms with E-state index in [1.807, 2.05) is 11.8 Å². The molecule has 2 aliphatic heterocycles. The molecule has 1 fully saturated rings. The van der Waals surface area contributed by atoms with Gasteiger partial charge in [-0.05, 0) is 38.6 Å². The van der Waals surface area contributed by atoms with Crippen LogP contribution >= 0.6 is 0 Å². The number of aryl methyl sites for hydroxylation is 1. The number of nitrogens with one attached hydrogen (secondary N) is 1. The number of nitrogens with zero attached hydrogens (tertiary/aromatic N) is 4. The summed E-state index contributed by atoms with van der Waals surface area (Å²) in [5, 5.41) is 11.9. The van der Waals surface area contributed by atoms with Crippen LogP contribution in [0.25, 0.3) is 0 Å². The van der Waals surface area contributed by atoms with E-state index in [0.29, 0.717) is 18.5 Å². The number of hydrogen-bond donors (Lipinski definition) is 1. The molecule has 3 rings (SSSR count). The summed E-state index contributed by atoms with van der Waals surface area (Å²) in [6.45, 7) is 8.78. The van der Waals surface area contributed by atoms with Crippen molar-refractivity contribution in [2.45, 2.75) is 65.1 Å². The number of amides is 1. The maximum absolute atomic E-state index is 12.8. The molecular formula is C16H27N5O. The fraction of sp³-hybridized carbons (Fsp3) is 0.812. The van der Waals surface area contributed by atoms with Crippen LogP contribution in [0.3, 0.4) is 0 Å². The summed E-state index contributed by atoms with van der Waals surface area (Å²) >= 11 is 0. The van der Waals surface area contributed by atoms with E-state index >= 15 is 0 Å². The molecule has 1 aromatic heterocycles. The number of carbonyl (C=O) groups excluding carboxylic acids is 1. The van der Waals surface area contributed by atoms with Gasteiger partial charge in [0, 0.05) is 6.54 Å². The van der Waals surface area contributed by atoms with Crippen LogP contribution in [0.4, 0.5) is 0 Å². The zero-order valence-electron chi connectivity index (χ0n) is 13.9. The average Bonchev–Trinajstić information content (AvgIpc) is 2.88. The third-order valence-corrected chi connectivity index (χ3v) is 4.73. The molecule has 0 radical (unpaired) electrons. The lowest BCUT2D eigenvalue weighted by Gasteiger charge is -2.37. The van der Waals surface area contributed by atoms with Crippen LogP contribution in [-0.2, 0) is 11.3 Å². The van der Waals surface area contributed by atoms with E-state index in [-0.39, 0.29) is 11.9 Å². The number of hydrogen-bond acceptors (Lipinski definition) is 4. The normalized spacial score (nSPS) is 25.4. The van der Waals surface area contributed by atoms with Gasteiger partial charge < -0.3 is 14.8 Å². The van der Waals surface area contributed by atoms with E-state index in [1.54, 1.807) is 0 Å². The Bertz CT molecular complexity index is 533. The zero-order chi connectivity index (χ0) is 15.7. The summed E-state index contributed by atoms with van der Waals surface area (Å²) in [4.78, 5) is 14.8. The highest BCUT2D eigenvalue weighted by Crippen LogP contribution is 2.28. The predicted molar refractivity (Wildman–Crippen MR) is 84.3 cm³/mol. The van der Waals surface area contributed by atoms with Crippen molar-refractivity contribution < 1.29 is 4.79 Å². The highest BCUT2D eigenvalue weighted by molar-refractivity contribution is 5.82. The van der Waals surface area contributed by atoms with Crippen molar-refractivity contribution in [2.75, 3.05) is 13.1 Å². The first-order chi connectivity index (χ1) is 10.6. The predicted octanol–water partition coefficient (Wildman–Crippen LogP) is 1.66. The van der Waals surface area contributed by atoms with Crippen LogP contribution in [0.15, 0.2) is 0 Å². The Balaban J connectivity index is 1.78. The van der Waals surface area contributed by atoms with Crippen LogP contribution in [0.5, 0.6) is 0 Å². The number of fused-ring (bicyclic) bond motifs is 1. The molecule has 122 valence electrons. The summed E-state index contributed by atoms with van der Waals surface area (Å²) in [6.07, 6.45) is 4.32. The second-order valence-corrected chi connectivity index (χ2v) is 7.04. The molecule has 0 bridgehead atoms. The van der Waals surface area contributed by atoms with Gasteiger partial charge >= 0.3 is 0 Å². The molecule has 3 heterocycles. The molecule has 1 saturated heterocycles. The lowest BCUT2D eigenvalue weighted by Crippen LogP contribution is -2.51. The number of rotatable bonds is 3. The van der Waals surface area contributed by atoms with Crippen molar-refractivity contribution in [3.05, 3.63) is 11.6 Å². The molecule has 6 heteroatoms. The monoisotopic (exact) mass is 305 g/mol. The fourth-order valence-corrected chi connectivity index (χ4v) is 3.74. The van der Waals surface area contributed by atoms with Crippen LogP contribution in [0.1, 0.15) is 57.2 Å². The summed E-state index contributed by atoms with van der Waals surface area (Å²) in [6, 6.07) is 0.287. The molecule has 2 atom stereocenters. The van der Waals surface area contributed by atoms with Crippen LogP contribution in [0.2, 0.25) is 0 Å². The lowest BCUT2D eigenvalue weighted by molar-refractivity contribution is -0.136. The largest absolute Gasteiger partial charge is 0.332 e. The Hall–Kier alpha value is -1.43. The smallest absolute Gasteiger partial charge is 0.240 e. The van der Waals surface area contributed by atoms with Gasteiger partial charge in [0.2, 0.25) is 5.91 Å². The van der Waals surface area contributed by atoms with E-state index in [0.717, 1.165) is 44.0 Å². The molecule has 1 N–H and O–H groups in total. The van der Waals surface area contributed by atoms with Crippen molar-refractivity contribution in [2.24, 2.45) is 5.92 Å². The summed E-state index contributed by atoms with van der Waals surface area (Å²) < 4.78 is 2.23. The Labute approximate surface area is 132 Å². The zero-order valence-corrected chi connectivity index (χ0v) is 13.9. The van der Waals surface area contributed by atoms with E-state index in [1.165, 1.54) is 6.42 Å². The van der Waals surface area contributed by atoms with Crippen LogP contribution in [0, 0.1) is 12.8 Å². The molecule has 0 spiro atoms. The van der Waals surface area contributed by atoms with Gasteiger partial charge in [-0.25, -0.2) is 0 Å². The molecule has 1 aromatic rings. The summed E-state index contributed by atoms with van der Waals surface area (Å²) in [5.74, 6) is 2.71. The Morgan fingerprint density at radius 1 is 1.36 bits per heavy atom. The number of carbonyl (C=O) groups is 1. The van der Waals surface area contributed by atoms with Crippen molar-refractivity contribution in [1.82, 2.24) is 25.0 Å². The van der Waals surface area contributed by atoms with E-state index in [2.05, 4.69) is 33.9 Å². The van der Waals surface area contributed by atoms with Crippen LogP contribution < -0.4 is 5.32 Å². The highest BCUT2D eigenvalue weighted by atomic mass is 16.2. The standard InChI is InChI=1S/C16H27N5O/c1-11(2)8-13-9-20(10-15-19-18-12(3)21(13)15)16(22)14-6-4-5-7-17-14/h11,13-14,17H,4-10H2,1-3H3/t13-,14-/m0/s1. The van der Waals surface area contributed by atoms with E-state index in [4.69, 9.17) is 0 Å². The second-order valence-electron chi connectivity index (χ2n) is 7.04. The minimum absolute atomic E-state index is 0.0102. The Morgan fingerprint density at radius 2 is 2.18 bits per heavy atom. The second kappa shape index (κ2) is 6.36. The molecule has 0 aliphatic carbocycles. The van der Waals surface area contributed by atoms with Gasteiger partial charge in [-0.1, -0.05) is 20.3 Å². The van der Waals surface area contributed by atoms with E-state index < -0.39 is 0 Å². The fourth-order valence-electron chi connectivity index (χ4n) is 3.74. The quantitative estimate of drug-likeness (QED) is 0.922. The molecule has 0 saturated carbocycles.